The van der Waals surface area contributed by atoms with Crippen LogP contribution >= 0.6 is 34.8 Å². The van der Waals surface area contributed by atoms with Gasteiger partial charge < -0.3 is 5.73 Å². The molecule has 0 fully saturated rings. The van der Waals surface area contributed by atoms with E-state index in [1.807, 2.05) is 0 Å². The first-order chi connectivity index (χ1) is 9.21. The van der Waals surface area contributed by atoms with Crippen molar-refractivity contribution >= 4 is 40.5 Å². The predicted octanol–water partition coefficient (Wildman–Crippen LogP) is 5.31. The lowest BCUT2D eigenvalue weighted by molar-refractivity contribution is -0.140. The molecule has 20 heavy (non-hydrogen) atoms. The third kappa shape index (κ3) is 2.80. The van der Waals surface area contributed by atoms with Crippen LogP contribution in [0.4, 0.5) is 18.9 Å². The van der Waals surface area contributed by atoms with Gasteiger partial charge in [0.2, 0.25) is 0 Å². The predicted molar refractivity (Wildman–Crippen MR) is 74.1 cm³/mol. The van der Waals surface area contributed by atoms with Gasteiger partial charge in [-0.1, -0.05) is 34.8 Å². The maximum Gasteiger partial charge on any atom is 0.435 e. The molecule has 1 aromatic heterocycles. The number of halogens is 6. The highest BCUT2D eigenvalue weighted by Crippen LogP contribution is 2.40. The van der Waals surface area contributed by atoms with E-state index >= 15 is 0 Å². The summed E-state index contributed by atoms with van der Waals surface area (Å²) in [6, 6.07) is 4.13. The molecule has 8 heteroatoms. The Kier molecular flexibility index (Phi) is 4.04. The molecule has 2 N–H and O–H groups in total. The van der Waals surface area contributed by atoms with Gasteiger partial charge in [-0.3, -0.25) is 0 Å². The fourth-order valence-corrected chi connectivity index (χ4v) is 2.26. The van der Waals surface area contributed by atoms with Crippen molar-refractivity contribution in [2.24, 2.45) is 0 Å². The summed E-state index contributed by atoms with van der Waals surface area (Å²) in [4.78, 5) is 3.26. The SMILES string of the molecule is Nc1c(-c2cc(Cl)c(Cl)c(Cl)c2)ccnc1C(F)(F)F. The second kappa shape index (κ2) is 5.31. The number of nitrogens with zero attached hydrogens (tertiary/aromatic N) is 1. The summed E-state index contributed by atoms with van der Waals surface area (Å²) >= 11 is 17.5. The van der Waals surface area contributed by atoms with Gasteiger partial charge in [0.15, 0.2) is 5.69 Å². The molecule has 1 heterocycles. The highest BCUT2D eigenvalue weighted by Gasteiger charge is 2.35. The van der Waals surface area contributed by atoms with E-state index in [9.17, 15) is 13.2 Å². The number of pyridine rings is 1. The summed E-state index contributed by atoms with van der Waals surface area (Å²) in [5, 5.41) is 0.374. The second-order valence-electron chi connectivity index (χ2n) is 3.87. The molecule has 0 saturated carbocycles. The Bertz CT molecular complexity index is 648. The van der Waals surface area contributed by atoms with Gasteiger partial charge >= 0.3 is 6.18 Å². The smallest absolute Gasteiger partial charge is 0.396 e. The lowest BCUT2D eigenvalue weighted by Gasteiger charge is -2.13. The van der Waals surface area contributed by atoms with E-state index in [1.165, 1.54) is 18.2 Å². The first-order valence-electron chi connectivity index (χ1n) is 5.18. The monoisotopic (exact) mass is 340 g/mol. The van der Waals surface area contributed by atoms with E-state index in [4.69, 9.17) is 40.5 Å². The van der Waals surface area contributed by atoms with Crippen molar-refractivity contribution < 1.29 is 13.2 Å². The van der Waals surface area contributed by atoms with Crippen molar-refractivity contribution in [1.82, 2.24) is 4.98 Å². The van der Waals surface area contributed by atoms with Crippen molar-refractivity contribution in [3.05, 3.63) is 45.2 Å². The van der Waals surface area contributed by atoms with Crippen molar-refractivity contribution in [3.63, 3.8) is 0 Å². The molecule has 0 spiro atoms. The first-order valence-corrected chi connectivity index (χ1v) is 6.31. The molecule has 0 radical (unpaired) electrons. The number of nitrogen functional groups attached to an aromatic ring is 1. The number of hydrogen-bond acceptors (Lipinski definition) is 2. The number of benzene rings is 1. The summed E-state index contributed by atoms with van der Waals surface area (Å²) in [5.41, 5.74) is 4.35. The number of hydrogen-bond donors (Lipinski definition) is 1. The molecule has 0 bridgehead atoms. The van der Waals surface area contributed by atoms with Gasteiger partial charge in [0.1, 0.15) is 0 Å². The zero-order valence-electron chi connectivity index (χ0n) is 9.60. The quantitative estimate of drug-likeness (QED) is 0.714. The van der Waals surface area contributed by atoms with Gasteiger partial charge in [-0.25, -0.2) is 4.98 Å². The molecule has 2 nitrogen and oxygen atoms in total. The minimum atomic E-state index is -4.64. The van der Waals surface area contributed by atoms with Crippen LogP contribution in [0.15, 0.2) is 24.4 Å². The van der Waals surface area contributed by atoms with Crippen molar-refractivity contribution in [2.45, 2.75) is 6.18 Å². The molecule has 0 unspecified atom stereocenters. The minimum absolute atomic E-state index is 0.124. The lowest BCUT2D eigenvalue weighted by Crippen LogP contribution is -2.12. The molecular weight excluding hydrogens is 335 g/mol. The van der Waals surface area contributed by atoms with Crippen molar-refractivity contribution in [2.75, 3.05) is 5.73 Å². The number of anilines is 1. The molecule has 0 aliphatic heterocycles. The summed E-state index contributed by atoms with van der Waals surface area (Å²) < 4.78 is 38.3. The van der Waals surface area contributed by atoms with Crippen LogP contribution in [0.5, 0.6) is 0 Å². The van der Waals surface area contributed by atoms with Crippen LogP contribution in [-0.4, -0.2) is 4.98 Å². The molecule has 0 aliphatic rings. The van der Waals surface area contributed by atoms with Gasteiger partial charge in [-0.05, 0) is 23.8 Å². The first kappa shape index (κ1) is 15.2. The van der Waals surface area contributed by atoms with Crippen LogP contribution in [0.3, 0.4) is 0 Å². The topological polar surface area (TPSA) is 38.9 Å². The average molecular weight is 342 g/mol. The fourth-order valence-electron chi connectivity index (χ4n) is 1.66. The Hall–Kier alpha value is -1.17. The number of nitrogens with two attached hydrogens (primary N) is 1. The summed E-state index contributed by atoms with van der Waals surface area (Å²) in [6.45, 7) is 0. The largest absolute Gasteiger partial charge is 0.435 e. The molecule has 2 rings (SSSR count). The van der Waals surface area contributed by atoms with Crippen LogP contribution in [-0.2, 0) is 6.18 Å². The Balaban J connectivity index is 2.66. The molecule has 106 valence electrons. The molecule has 0 saturated heterocycles. The zero-order valence-corrected chi connectivity index (χ0v) is 11.9. The highest BCUT2D eigenvalue weighted by atomic mass is 35.5. The average Bonchev–Trinajstić information content (AvgIpc) is 2.34. The molecule has 2 aromatic rings. The third-order valence-corrected chi connectivity index (χ3v) is 3.75. The summed E-state index contributed by atoms with van der Waals surface area (Å²) in [6.07, 6.45) is -3.62. The Labute approximate surface area is 127 Å². The Morgan fingerprint density at radius 2 is 1.60 bits per heavy atom. The van der Waals surface area contributed by atoms with Crippen LogP contribution in [0.1, 0.15) is 5.69 Å². The van der Waals surface area contributed by atoms with Crippen LogP contribution in [0.2, 0.25) is 15.1 Å². The fraction of sp³-hybridized carbons (Fsp3) is 0.0833. The van der Waals surface area contributed by atoms with E-state index in [-0.39, 0.29) is 20.6 Å². The maximum absolute atomic E-state index is 12.8. The van der Waals surface area contributed by atoms with Gasteiger partial charge in [-0.15, -0.1) is 0 Å². The highest BCUT2D eigenvalue weighted by molar-refractivity contribution is 6.48. The normalized spacial score (nSPS) is 11.7. The van der Waals surface area contributed by atoms with Crippen molar-refractivity contribution in [3.8, 4) is 11.1 Å². The van der Waals surface area contributed by atoms with E-state index in [1.54, 1.807) is 0 Å². The minimum Gasteiger partial charge on any atom is -0.396 e. The van der Waals surface area contributed by atoms with E-state index in [0.29, 0.717) is 5.56 Å². The number of rotatable bonds is 1. The lowest BCUT2D eigenvalue weighted by atomic mass is 10.0. The number of aromatic nitrogens is 1. The van der Waals surface area contributed by atoms with E-state index in [0.717, 1.165) is 6.20 Å². The van der Waals surface area contributed by atoms with Gasteiger partial charge in [0.05, 0.1) is 20.8 Å². The Morgan fingerprint density at radius 3 is 2.10 bits per heavy atom. The summed E-state index contributed by atoms with van der Waals surface area (Å²) in [5.74, 6) is 0. The molecule has 1 aromatic carbocycles. The Morgan fingerprint density at radius 1 is 1.05 bits per heavy atom. The standard InChI is InChI=1S/C12H6Cl3F3N2/c13-7-3-5(4-8(14)9(7)15)6-1-2-20-11(10(6)19)12(16,17)18/h1-4H,19H2. The third-order valence-electron chi connectivity index (χ3n) is 2.55. The van der Waals surface area contributed by atoms with E-state index in [2.05, 4.69) is 4.98 Å². The van der Waals surface area contributed by atoms with Crippen LogP contribution in [0.25, 0.3) is 11.1 Å². The second-order valence-corrected chi connectivity index (χ2v) is 5.06. The molecule has 0 amide bonds. The van der Waals surface area contributed by atoms with E-state index < -0.39 is 17.6 Å². The number of alkyl halides is 3. The summed E-state index contributed by atoms with van der Waals surface area (Å²) in [7, 11) is 0. The van der Waals surface area contributed by atoms with Crippen LogP contribution in [0, 0.1) is 0 Å². The molecule has 0 aliphatic carbocycles. The van der Waals surface area contributed by atoms with Crippen molar-refractivity contribution in [1.29, 1.82) is 0 Å². The molecule has 0 atom stereocenters. The van der Waals surface area contributed by atoms with Gasteiger partial charge in [-0.2, -0.15) is 13.2 Å². The maximum atomic E-state index is 12.8. The van der Waals surface area contributed by atoms with Gasteiger partial charge in [0, 0.05) is 11.8 Å². The zero-order chi connectivity index (χ0) is 15.1. The molecular formula is C12H6Cl3F3N2. The van der Waals surface area contributed by atoms with Crippen LogP contribution < -0.4 is 5.73 Å². The van der Waals surface area contributed by atoms with Gasteiger partial charge in [0.25, 0.3) is 0 Å².